The molecule has 0 saturated carbocycles. The van der Waals surface area contributed by atoms with Crippen molar-refractivity contribution in [2.75, 3.05) is 25.4 Å². The predicted octanol–water partition coefficient (Wildman–Crippen LogP) is 0.481. The number of hydrogen-bond donors (Lipinski definition) is 2. The number of sulfonamides is 1. The Morgan fingerprint density at radius 1 is 1.33 bits per heavy atom. The minimum atomic E-state index is -3.30. The number of piperidine rings is 1. The van der Waals surface area contributed by atoms with Gasteiger partial charge in [0.15, 0.2) is 0 Å². The Kier molecular flexibility index (Phi) is 7.39. The first-order valence-corrected chi connectivity index (χ1v) is 9.16. The number of nitrogens with zero attached hydrogens (tertiary/aromatic N) is 1. The zero-order valence-electron chi connectivity index (χ0n) is 12.5. The molecule has 6 nitrogen and oxygen atoms in total. The van der Waals surface area contributed by atoms with E-state index in [1.165, 1.54) is 4.31 Å². The minimum absolute atomic E-state index is 0. The summed E-state index contributed by atoms with van der Waals surface area (Å²) in [6.07, 6.45) is 3.89. The Bertz CT molecular complexity index is 438. The Morgan fingerprint density at radius 3 is 2.71 bits per heavy atom. The number of carbonyl (C=O) groups is 1. The number of rotatable bonds is 5. The van der Waals surface area contributed by atoms with Crippen LogP contribution in [0.15, 0.2) is 0 Å². The first-order chi connectivity index (χ1) is 9.54. The summed E-state index contributed by atoms with van der Waals surface area (Å²) in [7, 11) is -3.30. The van der Waals surface area contributed by atoms with Gasteiger partial charge < -0.3 is 10.6 Å². The highest BCUT2D eigenvalue weighted by molar-refractivity contribution is 7.89. The van der Waals surface area contributed by atoms with Crippen LogP contribution in [-0.2, 0) is 14.8 Å². The van der Waals surface area contributed by atoms with E-state index < -0.39 is 16.1 Å². The van der Waals surface area contributed by atoms with Crippen LogP contribution in [0.25, 0.3) is 0 Å². The van der Waals surface area contributed by atoms with E-state index in [0.717, 1.165) is 32.4 Å². The molecule has 0 bridgehead atoms. The molecule has 2 aliphatic rings. The van der Waals surface area contributed by atoms with Crippen LogP contribution in [0.1, 0.15) is 39.0 Å². The second-order valence-electron chi connectivity index (χ2n) is 5.64. The van der Waals surface area contributed by atoms with Gasteiger partial charge in [-0.1, -0.05) is 13.3 Å². The second-order valence-corrected chi connectivity index (χ2v) is 7.68. The Hall–Kier alpha value is -0.370. The van der Waals surface area contributed by atoms with Crippen molar-refractivity contribution in [3.8, 4) is 0 Å². The van der Waals surface area contributed by atoms with Crippen LogP contribution >= 0.6 is 12.4 Å². The number of carbonyl (C=O) groups excluding carboxylic acids is 1. The third-order valence-electron chi connectivity index (χ3n) is 3.98. The van der Waals surface area contributed by atoms with Gasteiger partial charge >= 0.3 is 0 Å². The highest BCUT2D eigenvalue weighted by atomic mass is 35.5. The molecule has 0 aromatic rings. The van der Waals surface area contributed by atoms with Crippen LogP contribution in [0.2, 0.25) is 0 Å². The minimum Gasteiger partial charge on any atom is -0.351 e. The van der Waals surface area contributed by atoms with Crippen LogP contribution < -0.4 is 10.6 Å². The Labute approximate surface area is 133 Å². The number of hydrogen-bond acceptors (Lipinski definition) is 4. The van der Waals surface area contributed by atoms with E-state index in [0.29, 0.717) is 19.4 Å². The molecule has 2 N–H and O–H groups in total. The van der Waals surface area contributed by atoms with E-state index >= 15 is 0 Å². The van der Waals surface area contributed by atoms with E-state index in [-0.39, 0.29) is 30.1 Å². The van der Waals surface area contributed by atoms with Crippen molar-refractivity contribution in [1.82, 2.24) is 14.9 Å². The Morgan fingerprint density at radius 2 is 2.10 bits per heavy atom. The lowest BCUT2D eigenvalue weighted by atomic mass is 10.0. The zero-order chi connectivity index (χ0) is 14.6. The number of nitrogens with one attached hydrogen (secondary N) is 2. The van der Waals surface area contributed by atoms with E-state index in [9.17, 15) is 13.2 Å². The summed E-state index contributed by atoms with van der Waals surface area (Å²) in [6.45, 7) is 4.01. The van der Waals surface area contributed by atoms with E-state index in [4.69, 9.17) is 0 Å². The molecular weight excluding hydrogens is 314 g/mol. The van der Waals surface area contributed by atoms with Gasteiger partial charge in [0.2, 0.25) is 15.9 Å². The maximum absolute atomic E-state index is 12.4. The predicted molar refractivity (Wildman–Crippen MR) is 85.1 cm³/mol. The van der Waals surface area contributed by atoms with Crippen molar-refractivity contribution in [2.24, 2.45) is 0 Å². The van der Waals surface area contributed by atoms with E-state index in [1.807, 2.05) is 6.92 Å². The van der Waals surface area contributed by atoms with Gasteiger partial charge in [0.25, 0.3) is 0 Å². The van der Waals surface area contributed by atoms with Gasteiger partial charge in [0.1, 0.15) is 6.04 Å². The molecule has 124 valence electrons. The van der Waals surface area contributed by atoms with E-state index in [1.54, 1.807) is 0 Å². The molecule has 2 atom stereocenters. The summed E-state index contributed by atoms with van der Waals surface area (Å²) in [5.74, 6) is -0.0000294. The maximum Gasteiger partial charge on any atom is 0.238 e. The average molecular weight is 340 g/mol. The quantitative estimate of drug-likeness (QED) is 0.763. The van der Waals surface area contributed by atoms with Crippen LogP contribution in [0.5, 0.6) is 0 Å². The van der Waals surface area contributed by atoms with Crippen LogP contribution in [-0.4, -0.2) is 56.1 Å². The van der Waals surface area contributed by atoms with E-state index in [2.05, 4.69) is 10.6 Å². The third kappa shape index (κ3) is 4.81. The number of halogens is 1. The fraction of sp³-hybridized carbons (Fsp3) is 0.923. The second kappa shape index (κ2) is 8.31. The fourth-order valence-corrected chi connectivity index (χ4v) is 4.70. The van der Waals surface area contributed by atoms with Crippen molar-refractivity contribution in [3.63, 3.8) is 0 Å². The summed E-state index contributed by atoms with van der Waals surface area (Å²) in [5, 5.41) is 6.18. The van der Waals surface area contributed by atoms with Crippen molar-refractivity contribution >= 4 is 28.3 Å². The van der Waals surface area contributed by atoms with Crippen molar-refractivity contribution in [2.45, 2.75) is 51.1 Å². The summed E-state index contributed by atoms with van der Waals surface area (Å²) in [5.41, 5.74) is 0. The molecule has 0 aromatic carbocycles. The molecule has 0 spiro atoms. The van der Waals surface area contributed by atoms with Gasteiger partial charge in [-0.05, 0) is 32.2 Å². The average Bonchev–Trinajstić information content (AvgIpc) is 2.91. The standard InChI is InChI=1S/C13H25N3O3S.ClH/c1-2-9-20(18,19)16-8-4-3-5-12(16)13(17)15-11-6-7-14-10-11;/h11-12,14H,2-10H2,1H3,(H,15,17);1H. The van der Waals surface area contributed by atoms with Crippen LogP contribution in [0, 0.1) is 0 Å². The zero-order valence-corrected chi connectivity index (χ0v) is 14.1. The van der Waals surface area contributed by atoms with Gasteiger partial charge in [-0.2, -0.15) is 4.31 Å². The molecule has 2 rings (SSSR count). The van der Waals surface area contributed by atoms with Gasteiger partial charge in [-0.3, -0.25) is 4.79 Å². The molecule has 0 radical (unpaired) electrons. The monoisotopic (exact) mass is 339 g/mol. The first kappa shape index (κ1) is 18.7. The molecule has 1 amide bonds. The van der Waals surface area contributed by atoms with Crippen molar-refractivity contribution in [3.05, 3.63) is 0 Å². The van der Waals surface area contributed by atoms with Gasteiger partial charge in [0.05, 0.1) is 5.75 Å². The lowest BCUT2D eigenvalue weighted by molar-refractivity contribution is -0.126. The largest absolute Gasteiger partial charge is 0.351 e. The summed E-state index contributed by atoms with van der Waals surface area (Å²) >= 11 is 0. The topological polar surface area (TPSA) is 78.5 Å². The summed E-state index contributed by atoms with van der Waals surface area (Å²) < 4.78 is 26.0. The lowest BCUT2D eigenvalue weighted by Gasteiger charge is -2.34. The molecule has 0 aliphatic carbocycles. The highest BCUT2D eigenvalue weighted by Gasteiger charge is 2.36. The molecule has 2 saturated heterocycles. The number of amides is 1. The molecule has 0 aromatic heterocycles. The Balaban J connectivity index is 0.00000220. The lowest BCUT2D eigenvalue weighted by Crippen LogP contribution is -2.54. The fourth-order valence-electron chi connectivity index (χ4n) is 2.95. The molecule has 2 heterocycles. The smallest absolute Gasteiger partial charge is 0.238 e. The molecule has 2 fully saturated rings. The van der Waals surface area contributed by atoms with Crippen LogP contribution in [0.3, 0.4) is 0 Å². The van der Waals surface area contributed by atoms with Gasteiger partial charge in [-0.25, -0.2) is 8.42 Å². The normalized spacial score (nSPS) is 27.1. The molecule has 2 unspecified atom stereocenters. The molecule has 2 aliphatic heterocycles. The summed E-state index contributed by atoms with van der Waals surface area (Å²) in [6, 6.07) is -0.374. The molecular formula is C13H26ClN3O3S. The van der Waals surface area contributed by atoms with Crippen molar-refractivity contribution in [1.29, 1.82) is 0 Å². The molecule has 21 heavy (non-hydrogen) atoms. The maximum atomic E-state index is 12.4. The van der Waals surface area contributed by atoms with Gasteiger partial charge in [-0.15, -0.1) is 12.4 Å². The molecule has 8 heteroatoms. The van der Waals surface area contributed by atoms with Gasteiger partial charge in [0, 0.05) is 19.1 Å². The van der Waals surface area contributed by atoms with Crippen molar-refractivity contribution < 1.29 is 13.2 Å². The SMILES string of the molecule is CCCS(=O)(=O)N1CCCCC1C(=O)NC1CCNC1.Cl. The summed E-state index contributed by atoms with van der Waals surface area (Å²) in [4.78, 5) is 12.4. The van der Waals surface area contributed by atoms with Crippen LogP contribution in [0.4, 0.5) is 0 Å². The third-order valence-corrected chi connectivity index (χ3v) is 6.06. The first-order valence-electron chi connectivity index (χ1n) is 7.55. The highest BCUT2D eigenvalue weighted by Crippen LogP contribution is 2.21.